The summed E-state index contributed by atoms with van der Waals surface area (Å²) in [5.41, 5.74) is 20.4. The van der Waals surface area contributed by atoms with Crippen LogP contribution in [0.15, 0.2) is 194 Å². The fourth-order valence-electron chi connectivity index (χ4n) is 10.4. The molecule has 0 atom stereocenters. The van der Waals surface area contributed by atoms with Gasteiger partial charge in [0.1, 0.15) is 0 Å². The molecule has 2 aliphatic carbocycles. The van der Waals surface area contributed by atoms with Crippen LogP contribution in [0.3, 0.4) is 0 Å². The number of nitrogens with zero attached hydrogens (tertiary/aromatic N) is 2. The Labute approximate surface area is 363 Å². The second kappa shape index (κ2) is 13.5. The highest BCUT2D eigenvalue weighted by atomic mass is 14.9. The first-order valence-electron chi connectivity index (χ1n) is 21.7. The predicted octanol–water partition coefficient (Wildman–Crippen LogP) is 15.7. The fourth-order valence-corrected chi connectivity index (χ4v) is 10.4. The third-order valence-corrected chi connectivity index (χ3v) is 13.9. The third-order valence-electron chi connectivity index (χ3n) is 13.9. The fraction of sp³-hybridized carbons (Fsp3) is 0.100. The van der Waals surface area contributed by atoms with Crippen molar-refractivity contribution in [3.05, 3.63) is 216 Å². The summed E-state index contributed by atoms with van der Waals surface area (Å²) in [5.74, 6) is 0.722. The summed E-state index contributed by atoms with van der Waals surface area (Å²) in [6.45, 7) is 9.44. The summed E-state index contributed by atoms with van der Waals surface area (Å²) in [5, 5.41) is 4.90. The molecule has 9 aromatic carbocycles. The molecule has 0 bridgehead atoms. The lowest BCUT2D eigenvalue weighted by molar-refractivity contribution is 0.661. The topological polar surface area (TPSA) is 25.8 Å². The summed E-state index contributed by atoms with van der Waals surface area (Å²) < 4.78 is 0. The number of hydrogen-bond acceptors (Lipinski definition) is 2. The van der Waals surface area contributed by atoms with Gasteiger partial charge in [-0.1, -0.05) is 179 Å². The van der Waals surface area contributed by atoms with Crippen LogP contribution in [0.2, 0.25) is 0 Å². The quantitative estimate of drug-likeness (QED) is 0.173. The Morgan fingerprint density at radius 1 is 0.290 bits per heavy atom. The number of benzene rings is 9. The summed E-state index contributed by atoms with van der Waals surface area (Å²) >= 11 is 0. The van der Waals surface area contributed by atoms with Gasteiger partial charge in [-0.05, 0) is 131 Å². The maximum atomic E-state index is 5.32. The zero-order chi connectivity index (χ0) is 41.7. The van der Waals surface area contributed by atoms with Gasteiger partial charge in [-0.2, -0.15) is 0 Å². The highest BCUT2D eigenvalue weighted by Crippen LogP contribution is 2.54. The molecule has 0 N–H and O–H groups in total. The van der Waals surface area contributed by atoms with Gasteiger partial charge in [0.25, 0.3) is 0 Å². The molecule has 0 spiro atoms. The van der Waals surface area contributed by atoms with Crippen LogP contribution in [-0.4, -0.2) is 9.97 Å². The van der Waals surface area contributed by atoms with Crippen LogP contribution >= 0.6 is 0 Å². The molecule has 0 radical (unpaired) electrons. The van der Waals surface area contributed by atoms with Gasteiger partial charge in [-0.3, -0.25) is 0 Å². The Morgan fingerprint density at radius 3 is 1.48 bits per heavy atom. The van der Waals surface area contributed by atoms with Gasteiger partial charge in [0.05, 0.1) is 11.4 Å². The van der Waals surface area contributed by atoms with E-state index in [0.717, 1.165) is 33.9 Å². The summed E-state index contributed by atoms with van der Waals surface area (Å²) in [6.07, 6.45) is 0. The molecule has 0 saturated carbocycles. The van der Waals surface area contributed by atoms with Crippen molar-refractivity contribution in [2.75, 3.05) is 0 Å². The smallest absolute Gasteiger partial charge is 0.160 e. The molecule has 62 heavy (non-hydrogen) atoms. The van der Waals surface area contributed by atoms with Crippen molar-refractivity contribution in [1.82, 2.24) is 9.97 Å². The van der Waals surface area contributed by atoms with E-state index in [1.54, 1.807) is 0 Å². The number of hydrogen-bond donors (Lipinski definition) is 0. The second-order valence-electron chi connectivity index (χ2n) is 18.2. The molecule has 0 saturated heterocycles. The lowest BCUT2D eigenvalue weighted by atomic mass is 9.81. The van der Waals surface area contributed by atoms with Gasteiger partial charge in [0.15, 0.2) is 5.82 Å². The molecule has 12 rings (SSSR count). The van der Waals surface area contributed by atoms with E-state index >= 15 is 0 Å². The van der Waals surface area contributed by atoms with Crippen molar-refractivity contribution in [3.8, 4) is 78.4 Å². The zero-order valence-corrected chi connectivity index (χ0v) is 35.4. The van der Waals surface area contributed by atoms with E-state index in [9.17, 15) is 0 Å². The van der Waals surface area contributed by atoms with Crippen molar-refractivity contribution in [2.24, 2.45) is 0 Å². The molecule has 2 aliphatic rings. The standard InChI is InChI=1S/C60H44N2/c1-59(2)51-21-13-20-49(57(51)50-32-39-18-11-12-19-40(39)33-54(50)59)56-36-55(61-58(62-56)38-16-9-6-10-17-38)46-25-24-41-30-42(22-23-43(41)31-46)45-27-29-48-47-28-26-44(37-14-7-5-8-15-37)34-52(47)60(3,4)53(48)35-45/h5-36H,1-4H3. The van der Waals surface area contributed by atoms with Crippen LogP contribution in [0.4, 0.5) is 0 Å². The van der Waals surface area contributed by atoms with E-state index in [2.05, 4.69) is 216 Å². The van der Waals surface area contributed by atoms with E-state index in [-0.39, 0.29) is 10.8 Å². The van der Waals surface area contributed by atoms with Crippen molar-refractivity contribution >= 4 is 21.5 Å². The molecule has 1 aromatic heterocycles. The molecule has 294 valence electrons. The maximum Gasteiger partial charge on any atom is 0.160 e. The lowest BCUT2D eigenvalue weighted by Gasteiger charge is -2.22. The maximum absolute atomic E-state index is 5.32. The van der Waals surface area contributed by atoms with Crippen LogP contribution in [0.5, 0.6) is 0 Å². The Kier molecular flexibility index (Phi) is 7.96. The Morgan fingerprint density at radius 2 is 0.790 bits per heavy atom. The average molecular weight is 793 g/mol. The molecular weight excluding hydrogens is 749 g/mol. The average Bonchev–Trinajstić information content (AvgIpc) is 3.69. The van der Waals surface area contributed by atoms with Gasteiger partial charge in [-0.25, -0.2) is 9.97 Å². The Balaban J connectivity index is 0.933. The van der Waals surface area contributed by atoms with E-state index in [0.29, 0.717) is 0 Å². The Bertz CT molecular complexity index is 3450. The highest BCUT2D eigenvalue weighted by Gasteiger charge is 2.38. The minimum Gasteiger partial charge on any atom is -0.228 e. The Hall–Kier alpha value is -7.42. The largest absolute Gasteiger partial charge is 0.228 e. The number of fused-ring (bicyclic) bond motifs is 8. The van der Waals surface area contributed by atoms with Gasteiger partial charge in [-0.15, -0.1) is 0 Å². The molecule has 0 aliphatic heterocycles. The normalized spacial score (nSPS) is 14.1. The second-order valence-corrected chi connectivity index (χ2v) is 18.2. The molecule has 0 fully saturated rings. The predicted molar refractivity (Wildman–Crippen MR) is 259 cm³/mol. The van der Waals surface area contributed by atoms with Crippen LogP contribution in [-0.2, 0) is 10.8 Å². The molecular formula is C60H44N2. The van der Waals surface area contributed by atoms with Gasteiger partial charge in [0, 0.05) is 27.5 Å². The molecule has 2 heteroatoms. The lowest BCUT2D eigenvalue weighted by Crippen LogP contribution is -2.15. The first-order valence-corrected chi connectivity index (χ1v) is 21.7. The highest BCUT2D eigenvalue weighted by molar-refractivity contribution is 5.99. The first-order chi connectivity index (χ1) is 30.2. The van der Waals surface area contributed by atoms with Crippen LogP contribution in [0.25, 0.3) is 100.0 Å². The first kappa shape index (κ1) is 36.4. The third kappa shape index (κ3) is 5.63. The van der Waals surface area contributed by atoms with Crippen molar-refractivity contribution in [1.29, 1.82) is 0 Å². The SMILES string of the molecule is CC1(C)c2cc(-c3ccccc3)ccc2-c2ccc(-c3ccc4cc(-c5cc(-c6cccc7c6-c6cc8ccccc8cc6C7(C)C)nc(-c6ccccc6)n5)ccc4c3)cc21. The molecule has 0 unspecified atom stereocenters. The molecule has 10 aromatic rings. The van der Waals surface area contributed by atoms with E-state index in [1.165, 1.54) is 88.3 Å². The van der Waals surface area contributed by atoms with Crippen molar-refractivity contribution in [2.45, 2.75) is 38.5 Å². The van der Waals surface area contributed by atoms with E-state index in [4.69, 9.17) is 9.97 Å². The monoisotopic (exact) mass is 792 g/mol. The van der Waals surface area contributed by atoms with Gasteiger partial charge < -0.3 is 0 Å². The summed E-state index contributed by atoms with van der Waals surface area (Å²) in [6, 6.07) is 71.1. The minimum absolute atomic E-state index is 0.111. The zero-order valence-electron chi connectivity index (χ0n) is 35.4. The van der Waals surface area contributed by atoms with Crippen molar-refractivity contribution in [3.63, 3.8) is 0 Å². The molecule has 0 amide bonds. The van der Waals surface area contributed by atoms with Crippen LogP contribution < -0.4 is 0 Å². The van der Waals surface area contributed by atoms with Crippen molar-refractivity contribution < 1.29 is 0 Å². The molecule has 1 heterocycles. The number of aromatic nitrogens is 2. The summed E-state index contributed by atoms with van der Waals surface area (Å²) in [7, 11) is 0. The van der Waals surface area contributed by atoms with Crippen LogP contribution in [0, 0.1) is 0 Å². The van der Waals surface area contributed by atoms with Crippen LogP contribution in [0.1, 0.15) is 49.9 Å². The summed E-state index contributed by atoms with van der Waals surface area (Å²) in [4.78, 5) is 10.6. The minimum atomic E-state index is -0.145. The molecule has 2 nitrogen and oxygen atoms in total. The van der Waals surface area contributed by atoms with Gasteiger partial charge >= 0.3 is 0 Å². The van der Waals surface area contributed by atoms with Gasteiger partial charge in [0.2, 0.25) is 0 Å². The number of rotatable bonds is 5. The van der Waals surface area contributed by atoms with E-state index in [1.807, 2.05) is 6.07 Å². The van der Waals surface area contributed by atoms with E-state index < -0.39 is 0 Å².